The fourth-order valence-corrected chi connectivity index (χ4v) is 4.26. The molecular weight excluding hydrogens is 487 g/mol. The molecule has 0 aliphatic heterocycles. The molecule has 0 bridgehead atoms. The molecular formula is C14H6Cl9. The molecule has 0 nitrogen and oxygen atoms in total. The highest BCUT2D eigenvalue weighted by atomic mass is 35.6. The Morgan fingerprint density at radius 1 is 0.696 bits per heavy atom. The van der Waals surface area contributed by atoms with Crippen molar-refractivity contribution in [3.05, 3.63) is 48.0 Å². The number of hydrogen-bond donors (Lipinski definition) is 0. The first-order valence-electron chi connectivity index (χ1n) is 5.94. The molecule has 0 aliphatic carbocycles. The summed E-state index contributed by atoms with van der Waals surface area (Å²) < 4.78 is -8.86. The van der Waals surface area contributed by atoms with E-state index in [4.69, 9.17) is 104 Å². The zero-order valence-corrected chi connectivity index (χ0v) is 17.7. The second kappa shape index (κ2) is 6.80. The second-order valence-electron chi connectivity index (χ2n) is 4.66. The first kappa shape index (κ1) is 20.6. The summed E-state index contributed by atoms with van der Waals surface area (Å²) in [5, 5.41) is 1.39. The molecule has 0 unspecified atom stereocenters. The summed E-state index contributed by atoms with van der Waals surface area (Å²) in [6.07, 6.45) is 0. The van der Waals surface area contributed by atoms with Crippen molar-refractivity contribution in [1.82, 2.24) is 0 Å². The summed E-state index contributed by atoms with van der Waals surface area (Å²) in [7, 11) is 0. The average molecular weight is 493 g/mol. The molecule has 125 valence electrons. The molecule has 0 amide bonds. The highest BCUT2D eigenvalue weighted by molar-refractivity contribution is 6.80. The van der Waals surface area contributed by atoms with Crippen molar-refractivity contribution in [3.63, 3.8) is 0 Å². The number of halogens is 9. The van der Waals surface area contributed by atoms with Crippen LogP contribution >= 0.6 is 104 Å². The van der Waals surface area contributed by atoms with Gasteiger partial charge in [0.05, 0.1) is 0 Å². The van der Waals surface area contributed by atoms with Crippen LogP contribution in [0.25, 0.3) is 10.8 Å². The lowest BCUT2D eigenvalue weighted by Crippen LogP contribution is -2.54. The molecule has 2 aromatic carbocycles. The van der Waals surface area contributed by atoms with E-state index in [9.17, 15) is 0 Å². The maximum Gasteiger partial charge on any atom is 0.226 e. The highest BCUT2D eigenvalue weighted by Gasteiger charge is 2.68. The highest BCUT2D eigenvalue weighted by Crippen LogP contribution is 2.65. The smallest absolute Gasteiger partial charge is 0.0943 e. The Bertz CT molecular complexity index is 710. The average Bonchev–Trinajstić information content (AvgIpc) is 2.45. The van der Waals surface area contributed by atoms with Crippen molar-refractivity contribution in [2.24, 2.45) is 0 Å². The monoisotopic (exact) mass is 489 g/mol. The molecule has 0 saturated heterocycles. The maximum atomic E-state index is 6.47. The van der Waals surface area contributed by atoms with E-state index in [0.717, 1.165) is 5.39 Å². The summed E-state index contributed by atoms with van der Waals surface area (Å²) in [6, 6.07) is 13.4. The number of benzene rings is 2. The van der Waals surface area contributed by atoms with Gasteiger partial charge in [-0.3, -0.25) is 0 Å². The van der Waals surface area contributed by atoms with Crippen LogP contribution in [-0.4, -0.2) is 12.5 Å². The van der Waals surface area contributed by atoms with Crippen LogP contribution in [-0.2, 0) is 4.33 Å². The molecule has 0 aromatic heterocycles. The number of rotatable bonds is 3. The van der Waals surface area contributed by atoms with Crippen molar-refractivity contribution >= 4 is 115 Å². The van der Waals surface area contributed by atoms with Crippen LogP contribution in [0.4, 0.5) is 0 Å². The molecule has 2 rings (SSSR count). The normalized spacial score (nSPS) is 14.3. The van der Waals surface area contributed by atoms with Gasteiger partial charge in [-0.25, -0.2) is 0 Å². The molecule has 0 heterocycles. The van der Waals surface area contributed by atoms with Crippen molar-refractivity contribution in [2.75, 3.05) is 0 Å². The van der Waals surface area contributed by atoms with Gasteiger partial charge in [-0.15, -0.1) is 0 Å². The second-order valence-corrected chi connectivity index (χ2v) is 10.9. The van der Waals surface area contributed by atoms with Crippen molar-refractivity contribution in [1.29, 1.82) is 0 Å². The van der Waals surface area contributed by atoms with E-state index in [1.807, 2.05) is 6.07 Å². The predicted octanol–water partition coefficient (Wildman–Crippen LogP) is 7.99. The first-order chi connectivity index (χ1) is 10.3. The lowest BCUT2D eigenvalue weighted by molar-refractivity contribution is 0.603. The van der Waals surface area contributed by atoms with Crippen LogP contribution in [0.2, 0.25) is 0 Å². The summed E-state index contributed by atoms with van der Waals surface area (Å²) in [6.45, 7) is 0. The van der Waals surface area contributed by atoms with Gasteiger partial charge in [-0.2, -0.15) is 0 Å². The summed E-state index contributed by atoms with van der Waals surface area (Å²) in [4.78, 5) is 0. The molecule has 0 fully saturated rings. The SMILES string of the molecule is ClC(Cl)(Cl)C(Cl)(Cl)C(Cl)(Cl)C(Cl)(Cl)c1cccc2[c]cccc12. The van der Waals surface area contributed by atoms with Gasteiger partial charge in [-0.05, 0) is 22.4 Å². The Labute approximate surface area is 178 Å². The van der Waals surface area contributed by atoms with E-state index in [1.165, 1.54) is 0 Å². The van der Waals surface area contributed by atoms with E-state index >= 15 is 0 Å². The van der Waals surface area contributed by atoms with Gasteiger partial charge in [0.1, 0.15) is 0 Å². The molecule has 0 aliphatic rings. The molecule has 2 aromatic rings. The topological polar surface area (TPSA) is 0 Å². The summed E-state index contributed by atoms with van der Waals surface area (Å²) >= 11 is 55.2. The van der Waals surface area contributed by atoms with Crippen molar-refractivity contribution < 1.29 is 0 Å². The van der Waals surface area contributed by atoms with Crippen LogP contribution in [0.5, 0.6) is 0 Å². The third-order valence-electron chi connectivity index (χ3n) is 3.19. The molecule has 0 saturated carbocycles. The van der Waals surface area contributed by atoms with Crippen LogP contribution in [0, 0.1) is 6.07 Å². The Morgan fingerprint density at radius 3 is 1.87 bits per heavy atom. The van der Waals surface area contributed by atoms with Gasteiger partial charge in [0, 0.05) is 0 Å². The summed E-state index contributed by atoms with van der Waals surface area (Å²) in [5.74, 6) is 0. The molecule has 0 spiro atoms. The van der Waals surface area contributed by atoms with Crippen LogP contribution in [0.15, 0.2) is 36.4 Å². The van der Waals surface area contributed by atoms with E-state index in [-0.39, 0.29) is 0 Å². The zero-order valence-electron chi connectivity index (χ0n) is 10.9. The predicted molar refractivity (Wildman–Crippen MR) is 105 cm³/mol. The summed E-state index contributed by atoms with van der Waals surface area (Å²) in [5.41, 5.74) is 0.347. The van der Waals surface area contributed by atoms with E-state index < -0.39 is 16.8 Å². The minimum Gasteiger partial charge on any atom is -0.0943 e. The van der Waals surface area contributed by atoms with Crippen molar-refractivity contribution in [2.45, 2.75) is 16.8 Å². The standard InChI is InChI=1S/C14H6Cl9/c15-11(16,12(17,18)13(19,20)14(21,22)23)10-7-3-5-8-4-1-2-6-9(8)10/h1-3,5-7H. The quantitative estimate of drug-likeness (QED) is 0.381. The third kappa shape index (κ3) is 3.46. The Balaban J connectivity index is 2.69. The maximum absolute atomic E-state index is 6.47. The molecule has 0 N–H and O–H groups in total. The van der Waals surface area contributed by atoms with E-state index in [2.05, 4.69) is 6.07 Å². The van der Waals surface area contributed by atoms with Gasteiger partial charge >= 0.3 is 0 Å². The fraction of sp³-hybridized carbons (Fsp3) is 0.286. The Morgan fingerprint density at radius 2 is 1.30 bits per heavy atom. The minimum absolute atomic E-state index is 0.347. The zero-order chi connectivity index (χ0) is 17.7. The van der Waals surface area contributed by atoms with Crippen LogP contribution < -0.4 is 0 Å². The third-order valence-corrected chi connectivity index (χ3v) is 8.63. The van der Waals surface area contributed by atoms with Crippen LogP contribution in [0.3, 0.4) is 0 Å². The Hall–Kier alpha value is 1.31. The van der Waals surface area contributed by atoms with E-state index in [1.54, 1.807) is 30.3 Å². The number of alkyl halides is 9. The van der Waals surface area contributed by atoms with Gasteiger partial charge in [0.2, 0.25) is 8.13 Å². The van der Waals surface area contributed by atoms with Crippen molar-refractivity contribution in [3.8, 4) is 0 Å². The molecule has 0 atom stereocenters. The first-order valence-corrected chi connectivity index (χ1v) is 9.34. The minimum atomic E-state index is -2.32. The van der Waals surface area contributed by atoms with Crippen LogP contribution in [0.1, 0.15) is 5.56 Å². The molecule has 9 heteroatoms. The lowest BCUT2D eigenvalue weighted by atomic mass is 9.98. The van der Waals surface area contributed by atoms with E-state index in [0.29, 0.717) is 10.9 Å². The Kier molecular flexibility index (Phi) is 6.10. The molecule has 1 radical (unpaired) electrons. The van der Waals surface area contributed by atoms with Gasteiger partial charge in [0.25, 0.3) is 0 Å². The van der Waals surface area contributed by atoms with Gasteiger partial charge in [-0.1, -0.05) is 141 Å². The molecule has 23 heavy (non-hydrogen) atoms. The van der Waals surface area contributed by atoms with Gasteiger partial charge < -0.3 is 0 Å². The largest absolute Gasteiger partial charge is 0.226 e. The number of hydrogen-bond acceptors (Lipinski definition) is 0. The fourth-order valence-electron chi connectivity index (χ4n) is 1.97. The van der Waals surface area contributed by atoms with Gasteiger partial charge in [0.15, 0.2) is 8.67 Å². The lowest BCUT2D eigenvalue weighted by Gasteiger charge is -2.44. The number of fused-ring (bicyclic) bond motifs is 1.